The summed E-state index contributed by atoms with van der Waals surface area (Å²) in [6, 6.07) is 7.93. The second-order valence-corrected chi connectivity index (χ2v) is 3.63. The second kappa shape index (κ2) is 2.72. The second-order valence-electron chi connectivity index (χ2n) is 3.22. The van der Waals surface area contributed by atoms with Crippen molar-refractivity contribution in [2.45, 2.75) is 6.61 Å². The maximum absolute atomic E-state index is 5.57. The number of hydrogen-bond donors (Lipinski definition) is 2. The predicted octanol–water partition coefficient (Wildman–Crippen LogP) is 2.63. The van der Waals surface area contributed by atoms with Gasteiger partial charge >= 0.3 is 0 Å². The molecule has 2 heterocycles. The highest BCUT2D eigenvalue weighted by molar-refractivity contribution is 7.71. The normalized spacial score (nSPS) is 12.9. The Morgan fingerprint density at radius 3 is 3.00 bits per heavy atom. The smallest absolute Gasteiger partial charge is 0.175 e. The molecule has 1 aromatic carbocycles. The average molecular weight is 204 g/mol. The van der Waals surface area contributed by atoms with Gasteiger partial charge in [-0.15, -0.1) is 0 Å². The highest BCUT2D eigenvalue weighted by Crippen LogP contribution is 2.34. The van der Waals surface area contributed by atoms with Gasteiger partial charge in [0.25, 0.3) is 0 Å². The maximum Gasteiger partial charge on any atom is 0.175 e. The van der Waals surface area contributed by atoms with E-state index in [0.29, 0.717) is 11.4 Å². The molecule has 1 aromatic heterocycles. The monoisotopic (exact) mass is 204 g/mol. The van der Waals surface area contributed by atoms with Gasteiger partial charge in [0.05, 0.1) is 11.4 Å². The lowest BCUT2D eigenvalue weighted by atomic mass is 10.1. The number of fused-ring (bicyclic) bond motifs is 3. The molecule has 3 nitrogen and oxygen atoms in total. The molecule has 0 saturated heterocycles. The molecule has 70 valence electrons. The molecule has 0 aliphatic carbocycles. The van der Waals surface area contributed by atoms with E-state index in [1.54, 1.807) is 0 Å². The number of ether oxygens (including phenoxy) is 1. The van der Waals surface area contributed by atoms with Gasteiger partial charge in [0.15, 0.2) is 4.77 Å². The summed E-state index contributed by atoms with van der Waals surface area (Å²) in [6.45, 7) is 0.555. The van der Waals surface area contributed by atoms with Gasteiger partial charge in [0, 0.05) is 5.56 Å². The first-order valence-corrected chi connectivity index (χ1v) is 4.79. The zero-order valence-corrected chi connectivity index (χ0v) is 8.15. The number of hydrogen-bond acceptors (Lipinski definition) is 2. The minimum absolute atomic E-state index is 0.555. The van der Waals surface area contributed by atoms with Crippen LogP contribution in [0.3, 0.4) is 0 Å². The van der Waals surface area contributed by atoms with E-state index in [1.807, 2.05) is 24.3 Å². The Labute approximate surface area is 85.7 Å². The number of aromatic amines is 2. The molecular weight excluding hydrogens is 196 g/mol. The van der Waals surface area contributed by atoms with Crippen molar-refractivity contribution >= 4 is 12.2 Å². The molecule has 1 aliphatic heterocycles. The molecular formula is C10H8N2OS. The third-order valence-electron chi connectivity index (χ3n) is 2.33. The highest BCUT2D eigenvalue weighted by Gasteiger charge is 2.18. The summed E-state index contributed by atoms with van der Waals surface area (Å²) < 4.78 is 6.21. The Kier molecular flexibility index (Phi) is 1.52. The highest BCUT2D eigenvalue weighted by atomic mass is 32.1. The Bertz CT molecular complexity index is 541. The van der Waals surface area contributed by atoms with Crippen LogP contribution < -0.4 is 4.74 Å². The number of nitrogens with one attached hydrogen (secondary N) is 2. The standard InChI is InChI=1S/C10H8N2OS/c14-10-11-7-5-13-8-4-2-1-3-6(8)9(7)12-10/h1-4H,5H2,(H2,11,12,14). The lowest BCUT2D eigenvalue weighted by Crippen LogP contribution is -2.04. The Morgan fingerprint density at radius 2 is 2.07 bits per heavy atom. The molecule has 0 amide bonds. The summed E-state index contributed by atoms with van der Waals surface area (Å²) in [5, 5.41) is 0. The van der Waals surface area contributed by atoms with Crippen molar-refractivity contribution in [3.05, 3.63) is 34.7 Å². The Hall–Kier alpha value is -1.55. The van der Waals surface area contributed by atoms with Crippen molar-refractivity contribution in [1.29, 1.82) is 0 Å². The first kappa shape index (κ1) is 7.82. The fourth-order valence-corrected chi connectivity index (χ4v) is 1.93. The van der Waals surface area contributed by atoms with Crippen LogP contribution in [0.15, 0.2) is 24.3 Å². The summed E-state index contributed by atoms with van der Waals surface area (Å²) >= 11 is 5.04. The molecule has 0 unspecified atom stereocenters. The first-order valence-electron chi connectivity index (χ1n) is 4.38. The van der Waals surface area contributed by atoms with Gasteiger partial charge in [-0.3, -0.25) is 0 Å². The van der Waals surface area contributed by atoms with Crippen LogP contribution in [0.2, 0.25) is 0 Å². The van der Waals surface area contributed by atoms with Crippen molar-refractivity contribution in [2.24, 2.45) is 0 Å². The van der Waals surface area contributed by atoms with Crippen LogP contribution in [0.25, 0.3) is 11.3 Å². The molecule has 0 fully saturated rings. The third-order valence-corrected chi connectivity index (χ3v) is 2.54. The van der Waals surface area contributed by atoms with Crippen LogP contribution in [-0.4, -0.2) is 9.97 Å². The topological polar surface area (TPSA) is 40.8 Å². The van der Waals surface area contributed by atoms with Gasteiger partial charge in [0.2, 0.25) is 0 Å². The van der Waals surface area contributed by atoms with Crippen molar-refractivity contribution in [3.8, 4) is 17.0 Å². The van der Waals surface area contributed by atoms with E-state index in [2.05, 4.69) is 9.97 Å². The third kappa shape index (κ3) is 1.01. The molecule has 2 aromatic rings. The Morgan fingerprint density at radius 1 is 1.21 bits per heavy atom. The van der Waals surface area contributed by atoms with Crippen molar-refractivity contribution < 1.29 is 4.74 Å². The number of para-hydroxylation sites is 1. The largest absolute Gasteiger partial charge is 0.487 e. The molecule has 3 rings (SSSR count). The Balaban J connectivity index is 2.33. The summed E-state index contributed by atoms with van der Waals surface area (Å²) in [7, 11) is 0. The maximum atomic E-state index is 5.57. The van der Waals surface area contributed by atoms with Crippen LogP contribution in [0.5, 0.6) is 5.75 Å². The van der Waals surface area contributed by atoms with Gasteiger partial charge in [-0.25, -0.2) is 0 Å². The van der Waals surface area contributed by atoms with Crippen molar-refractivity contribution in [3.63, 3.8) is 0 Å². The zero-order chi connectivity index (χ0) is 9.54. The lowest BCUT2D eigenvalue weighted by Gasteiger charge is -2.16. The van der Waals surface area contributed by atoms with Crippen LogP contribution in [0.4, 0.5) is 0 Å². The van der Waals surface area contributed by atoms with E-state index in [1.165, 1.54) is 0 Å². The van der Waals surface area contributed by atoms with Crippen molar-refractivity contribution in [2.75, 3.05) is 0 Å². The number of H-pyrrole nitrogens is 2. The summed E-state index contributed by atoms with van der Waals surface area (Å²) in [5.41, 5.74) is 3.15. The first-order chi connectivity index (χ1) is 6.84. The number of imidazole rings is 1. The summed E-state index contributed by atoms with van der Waals surface area (Å²) in [5.74, 6) is 0.908. The van der Waals surface area contributed by atoms with Crippen LogP contribution in [0, 0.1) is 4.77 Å². The molecule has 14 heavy (non-hydrogen) atoms. The quantitative estimate of drug-likeness (QED) is 0.648. The molecule has 2 N–H and O–H groups in total. The average Bonchev–Trinajstić information content (AvgIpc) is 2.59. The van der Waals surface area contributed by atoms with Gasteiger partial charge < -0.3 is 14.7 Å². The van der Waals surface area contributed by atoms with E-state index in [9.17, 15) is 0 Å². The number of rotatable bonds is 0. The van der Waals surface area contributed by atoms with E-state index in [4.69, 9.17) is 17.0 Å². The van der Waals surface area contributed by atoms with Crippen LogP contribution in [0.1, 0.15) is 5.69 Å². The summed E-state index contributed by atoms with van der Waals surface area (Å²) in [6.07, 6.45) is 0. The van der Waals surface area contributed by atoms with Gasteiger partial charge in [-0.05, 0) is 24.4 Å². The molecule has 4 heteroatoms. The van der Waals surface area contributed by atoms with Gasteiger partial charge in [-0.2, -0.15) is 0 Å². The fourth-order valence-electron chi connectivity index (χ4n) is 1.71. The van der Waals surface area contributed by atoms with E-state index in [0.717, 1.165) is 22.7 Å². The van der Waals surface area contributed by atoms with Crippen LogP contribution in [-0.2, 0) is 6.61 Å². The molecule has 0 atom stereocenters. The number of aromatic nitrogens is 2. The molecule has 0 radical (unpaired) electrons. The van der Waals surface area contributed by atoms with Gasteiger partial charge in [0.1, 0.15) is 12.4 Å². The molecule has 1 aliphatic rings. The lowest BCUT2D eigenvalue weighted by molar-refractivity contribution is 0.298. The van der Waals surface area contributed by atoms with E-state index in [-0.39, 0.29) is 0 Å². The number of benzene rings is 1. The van der Waals surface area contributed by atoms with E-state index < -0.39 is 0 Å². The predicted molar refractivity (Wildman–Crippen MR) is 55.7 cm³/mol. The zero-order valence-electron chi connectivity index (χ0n) is 7.33. The van der Waals surface area contributed by atoms with E-state index >= 15 is 0 Å². The minimum atomic E-state index is 0.555. The SMILES string of the molecule is S=c1[nH]c2c([nH]1)-c1ccccc1OC2. The van der Waals surface area contributed by atoms with Crippen LogP contribution >= 0.6 is 12.2 Å². The molecule has 0 spiro atoms. The van der Waals surface area contributed by atoms with Crippen molar-refractivity contribution in [1.82, 2.24) is 9.97 Å². The van der Waals surface area contributed by atoms with Gasteiger partial charge in [-0.1, -0.05) is 12.1 Å². The summed E-state index contributed by atoms with van der Waals surface area (Å²) in [4.78, 5) is 6.20. The minimum Gasteiger partial charge on any atom is -0.487 e. The molecule has 0 bridgehead atoms. The fraction of sp³-hybridized carbons (Fsp3) is 0.100. The molecule has 0 saturated carbocycles.